The lowest BCUT2D eigenvalue weighted by Gasteiger charge is -2.43. The Kier molecular flexibility index (Phi) is 6.79. The second kappa shape index (κ2) is 10.2. The van der Waals surface area contributed by atoms with Crippen LogP contribution in [-0.2, 0) is 14.3 Å². The molecule has 0 radical (unpaired) electrons. The molecule has 0 atom stereocenters. The van der Waals surface area contributed by atoms with E-state index in [4.69, 9.17) is 4.74 Å². The van der Waals surface area contributed by atoms with E-state index in [0.717, 1.165) is 5.69 Å². The van der Waals surface area contributed by atoms with Crippen LogP contribution in [0.2, 0.25) is 0 Å². The number of benzene rings is 2. The van der Waals surface area contributed by atoms with E-state index >= 15 is 0 Å². The molecule has 5 rings (SSSR count). The highest BCUT2D eigenvalue weighted by atomic mass is 16.6. The number of amides is 3. The Balaban J connectivity index is 1.34. The van der Waals surface area contributed by atoms with E-state index in [1.54, 1.807) is 20.8 Å². The molecule has 2 aromatic carbocycles. The Bertz CT molecular complexity index is 1190. The van der Waals surface area contributed by atoms with Gasteiger partial charge in [0.1, 0.15) is 12.1 Å². The van der Waals surface area contributed by atoms with Crippen molar-refractivity contribution >= 4 is 29.1 Å². The fourth-order valence-corrected chi connectivity index (χ4v) is 5.41. The first kappa shape index (κ1) is 24.7. The maximum absolute atomic E-state index is 13.9. The number of non-ortho nitro benzene ring substituents is 1. The Labute approximate surface area is 214 Å². The van der Waals surface area contributed by atoms with Gasteiger partial charge in [0.05, 0.1) is 24.8 Å². The summed E-state index contributed by atoms with van der Waals surface area (Å²) >= 11 is 0. The number of hydrogen-bond donors (Lipinski definition) is 0. The Morgan fingerprint density at radius 1 is 0.946 bits per heavy atom. The highest BCUT2D eigenvalue weighted by Gasteiger charge is 2.54. The van der Waals surface area contributed by atoms with Crippen molar-refractivity contribution in [3.05, 3.63) is 70.3 Å². The minimum Gasteiger partial charge on any atom is -0.378 e. The molecule has 1 spiro atoms. The fraction of sp³-hybridized carbons (Fsp3) is 0.423. The summed E-state index contributed by atoms with van der Waals surface area (Å²) in [5.41, 5.74) is 0.129. The van der Waals surface area contributed by atoms with Crippen LogP contribution in [0.15, 0.2) is 54.6 Å². The number of carbonyl (C=O) groups is 3. The monoisotopic (exact) mass is 507 g/mol. The van der Waals surface area contributed by atoms with Crippen molar-refractivity contribution in [2.75, 3.05) is 57.5 Å². The summed E-state index contributed by atoms with van der Waals surface area (Å²) < 4.78 is 5.34. The Hall–Kier alpha value is -3.99. The summed E-state index contributed by atoms with van der Waals surface area (Å²) in [4.78, 5) is 57.6. The minimum atomic E-state index is -0.869. The number of carbonyl (C=O) groups excluding carboxylic acids is 3. The number of para-hydroxylation sites is 1. The molecule has 0 bridgehead atoms. The van der Waals surface area contributed by atoms with Crippen molar-refractivity contribution < 1.29 is 24.0 Å². The van der Waals surface area contributed by atoms with Crippen molar-refractivity contribution in [1.29, 1.82) is 0 Å². The summed E-state index contributed by atoms with van der Waals surface area (Å²) in [5, 5.41) is 11.1. The van der Waals surface area contributed by atoms with Crippen LogP contribution in [0, 0.1) is 10.1 Å². The third-order valence-corrected chi connectivity index (χ3v) is 7.45. The average Bonchev–Trinajstić information content (AvgIpc) is 3.20. The van der Waals surface area contributed by atoms with Crippen molar-refractivity contribution in [2.24, 2.45) is 0 Å². The van der Waals surface area contributed by atoms with E-state index in [0.29, 0.717) is 52.2 Å². The van der Waals surface area contributed by atoms with Gasteiger partial charge in [-0.1, -0.05) is 24.3 Å². The third kappa shape index (κ3) is 4.74. The van der Waals surface area contributed by atoms with Crippen LogP contribution < -0.4 is 4.90 Å². The predicted molar refractivity (Wildman–Crippen MR) is 134 cm³/mol. The molecule has 3 aliphatic heterocycles. The molecule has 0 saturated carbocycles. The highest BCUT2D eigenvalue weighted by molar-refractivity contribution is 5.98. The van der Waals surface area contributed by atoms with Gasteiger partial charge in [-0.05, 0) is 31.0 Å². The van der Waals surface area contributed by atoms with Crippen LogP contribution in [0.1, 0.15) is 23.2 Å². The van der Waals surface area contributed by atoms with Crippen molar-refractivity contribution in [3.8, 4) is 0 Å². The molecule has 37 heavy (non-hydrogen) atoms. The number of piperidine rings is 1. The van der Waals surface area contributed by atoms with Crippen LogP contribution in [-0.4, -0.2) is 95.5 Å². The molecule has 3 heterocycles. The van der Waals surface area contributed by atoms with E-state index in [9.17, 15) is 24.5 Å². The molecule has 3 fully saturated rings. The van der Waals surface area contributed by atoms with Crippen LogP contribution in [0.5, 0.6) is 0 Å². The number of hydrogen-bond acceptors (Lipinski definition) is 7. The molecule has 194 valence electrons. The van der Waals surface area contributed by atoms with Gasteiger partial charge in [-0.15, -0.1) is 0 Å². The summed E-state index contributed by atoms with van der Waals surface area (Å²) in [6.07, 6.45) is 0.785. The second-order valence-corrected chi connectivity index (χ2v) is 9.53. The number of likely N-dealkylation sites (tertiary alicyclic amines) is 1. The summed E-state index contributed by atoms with van der Waals surface area (Å²) in [6, 6.07) is 15.3. The number of nitro groups is 1. The molecule has 11 nitrogen and oxygen atoms in total. The first-order chi connectivity index (χ1) is 17.9. The maximum atomic E-state index is 13.9. The molecule has 3 amide bonds. The van der Waals surface area contributed by atoms with E-state index in [2.05, 4.69) is 4.90 Å². The van der Waals surface area contributed by atoms with E-state index in [-0.39, 0.29) is 42.2 Å². The van der Waals surface area contributed by atoms with Gasteiger partial charge in [0.15, 0.2) is 0 Å². The van der Waals surface area contributed by atoms with Gasteiger partial charge in [0, 0.05) is 49.6 Å². The van der Waals surface area contributed by atoms with Crippen molar-refractivity contribution in [2.45, 2.75) is 18.4 Å². The predicted octanol–water partition coefficient (Wildman–Crippen LogP) is 1.73. The topological polar surface area (TPSA) is 117 Å². The number of morpholine rings is 1. The van der Waals surface area contributed by atoms with Gasteiger partial charge < -0.3 is 24.3 Å². The van der Waals surface area contributed by atoms with Crippen molar-refractivity contribution in [3.63, 3.8) is 0 Å². The molecule has 2 aromatic rings. The van der Waals surface area contributed by atoms with Gasteiger partial charge in [0.25, 0.3) is 17.5 Å². The quantitative estimate of drug-likeness (QED) is 0.447. The van der Waals surface area contributed by atoms with Gasteiger partial charge in [-0.25, -0.2) is 0 Å². The zero-order chi connectivity index (χ0) is 26.0. The van der Waals surface area contributed by atoms with E-state index in [1.165, 1.54) is 18.2 Å². The largest absolute Gasteiger partial charge is 0.378 e. The number of rotatable bonds is 5. The van der Waals surface area contributed by atoms with E-state index in [1.807, 2.05) is 30.3 Å². The molecule has 0 N–H and O–H groups in total. The van der Waals surface area contributed by atoms with Crippen LogP contribution in [0.4, 0.5) is 11.4 Å². The molecule has 3 saturated heterocycles. The van der Waals surface area contributed by atoms with Gasteiger partial charge in [0.2, 0.25) is 5.91 Å². The lowest BCUT2D eigenvalue weighted by molar-refractivity contribution is -0.384. The lowest BCUT2D eigenvalue weighted by atomic mass is 9.85. The standard InChI is InChI=1S/C26H29N5O6/c32-23(27-13-15-37-16-14-27)18-29-19-30(21-6-2-1-3-7-21)26(25(29)34)9-11-28(12-10-26)24(33)20-5-4-8-22(17-20)31(35)36/h1-8,17H,9-16,18-19H2. The molecule has 0 unspecified atom stereocenters. The number of nitrogens with zero attached hydrogens (tertiary/aromatic N) is 5. The van der Waals surface area contributed by atoms with Gasteiger partial charge >= 0.3 is 0 Å². The Morgan fingerprint density at radius 3 is 2.32 bits per heavy atom. The molecule has 11 heteroatoms. The van der Waals surface area contributed by atoms with Gasteiger partial charge in [-0.2, -0.15) is 0 Å². The molecular weight excluding hydrogens is 478 g/mol. The zero-order valence-corrected chi connectivity index (χ0v) is 20.5. The number of nitro benzene ring substituents is 1. The summed E-state index contributed by atoms with van der Waals surface area (Å²) in [7, 11) is 0. The lowest BCUT2D eigenvalue weighted by Crippen LogP contribution is -2.57. The van der Waals surface area contributed by atoms with Crippen LogP contribution in [0.25, 0.3) is 0 Å². The molecule has 0 aliphatic carbocycles. The Morgan fingerprint density at radius 2 is 1.65 bits per heavy atom. The van der Waals surface area contributed by atoms with Crippen LogP contribution in [0.3, 0.4) is 0 Å². The smallest absolute Gasteiger partial charge is 0.270 e. The van der Waals surface area contributed by atoms with E-state index < -0.39 is 10.5 Å². The number of ether oxygens (including phenoxy) is 1. The molecule has 3 aliphatic rings. The maximum Gasteiger partial charge on any atom is 0.270 e. The summed E-state index contributed by atoms with van der Waals surface area (Å²) in [5.74, 6) is -0.505. The molecular formula is C26H29N5O6. The third-order valence-electron chi connectivity index (χ3n) is 7.45. The van der Waals surface area contributed by atoms with Gasteiger partial charge in [-0.3, -0.25) is 24.5 Å². The molecule has 0 aromatic heterocycles. The first-order valence-electron chi connectivity index (χ1n) is 12.4. The van der Waals surface area contributed by atoms with Crippen LogP contribution >= 0.6 is 0 Å². The minimum absolute atomic E-state index is 0.000243. The highest BCUT2D eigenvalue weighted by Crippen LogP contribution is 2.39. The average molecular weight is 508 g/mol. The number of anilines is 1. The SMILES string of the molecule is O=C(CN1CN(c2ccccc2)C2(CCN(C(=O)c3cccc([N+](=O)[O-])c3)CC2)C1=O)N1CCOCC1. The summed E-state index contributed by atoms with van der Waals surface area (Å²) in [6.45, 7) is 2.95. The second-order valence-electron chi connectivity index (χ2n) is 9.53. The zero-order valence-electron chi connectivity index (χ0n) is 20.5. The first-order valence-corrected chi connectivity index (χ1v) is 12.4. The fourth-order valence-electron chi connectivity index (χ4n) is 5.41. The normalized spacial score (nSPS) is 19.4. The van der Waals surface area contributed by atoms with Crippen molar-refractivity contribution in [1.82, 2.24) is 14.7 Å².